The minimum atomic E-state index is -0.403. The fourth-order valence-electron chi connectivity index (χ4n) is 2.27. The zero-order valence-corrected chi connectivity index (χ0v) is 14.7. The van der Waals surface area contributed by atoms with Crippen molar-refractivity contribution in [3.63, 3.8) is 0 Å². The fourth-order valence-corrected chi connectivity index (χ4v) is 2.27. The maximum Gasteiger partial charge on any atom is 0.340 e. The molecule has 0 atom stereocenters. The van der Waals surface area contributed by atoms with Crippen molar-refractivity contribution in [3.8, 4) is 0 Å². The molecule has 0 radical (unpaired) electrons. The maximum absolute atomic E-state index is 12.2. The summed E-state index contributed by atoms with van der Waals surface area (Å²) in [6, 6.07) is 0. The number of hydrogen-bond donors (Lipinski definition) is 2. The number of nitrogens with one attached hydrogen (secondary N) is 2. The summed E-state index contributed by atoms with van der Waals surface area (Å²) < 4.78 is 10.5. The van der Waals surface area contributed by atoms with Crippen LogP contribution in [0.5, 0.6) is 0 Å². The Bertz CT molecular complexity index is 535. The summed E-state index contributed by atoms with van der Waals surface area (Å²) in [5, 5.41) is 2.84. The van der Waals surface area contributed by atoms with Crippen molar-refractivity contribution in [2.24, 2.45) is 5.92 Å². The molecule has 0 bridgehead atoms. The van der Waals surface area contributed by atoms with E-state index >= 15 is 0 Å². The molecule has 0 aliphatic carbocycles. The molecule has 0 spiro atoms. The first-order valence-corrected chi connectivity index (χ1v) is 8.10. The van der Waals surface area contributed by atoms with E-state index in [9.17, 15) is 9.59 Å². The topological polar surface area (TPSA) is 80.4 Å². The number of H-pyrrole nitrogens is 1. The molecular formula is C17H28N2O4. The molecule has 0 saturated carbocycles. The highest BCUT2D eigenvalue weighted by atomic mass is 16.5. The zero-order chi connectivity index (χ0) is 17.4. The van der Waals surface area contributed by atoms with Crippen molar-refractivity contribution in [1.29, 1.82) is 0 Å². The Morgan fingerprint density at radius 2 is 1.96 bits per heavy atom. The molecule has 0 unspecified atom stereocenters. The summed E-state index contributed by atoms with van der Waals surface area (Å²) in [6.07, 6.45) is 0.752. The van der Waals surface area contributed by atoms with Crippen molar-refractivity contribution >= 4 is 11.9 Å². The second-order valence-corrected chi connectivity index (χ2v) is 5.92. The van der Waals surface area contributed by atoms with Crippen LogP contribution >= 0.6 is 0 Å². The molecule has 6 heteroatoms. The van der Waals surface area contributed by atoms with Crippen LogP contribution in [0, 0.1) is 19.8 Å². The van der Waals surface area contributed by atoms with Gasteiger partial charge in [0.1, 0.15) is 5.69 Å². The van der Waals surface area contributed by atoms with Gasteiger partial charge in [-0.05, 0) is 38.7 Å². The van der Waals surface area contributed by atoms with Crippen LogP contribution in [0.25, 0.3) is 0 Å². The van der Waals surface area contributed by atoms with Crippen LogP contribution in [-0.2, 0) is 9.47 Å². The van der Waals surface area contributed by atoms with E-state index in [-0.39, 0.29) is 5.91 Å². The molecule has 0 fully saturated rings. The first-order valence-electron chi connectivity index (χ1n) is 8.10. The van der Waals surface area contributed by atoms with Gasteiger partial charge in [0, 0.05) is 25.5 Å². The Kier molecular flexibility index (Phi) is 7.81. The molecule has 1 amide bonds. The molecule has 1 heterocycles. The molecule has 0 saturated heterocycles. The number of aromatic amines is 1. The molecule has 0 aliphatic heterocycles. The fraction of sp³-hybridized carbons (Fsp3) is 0.647. The van der Waals surface area contributed by atoms with Gasteiger partial charge in [-0.2, -0.15) is 0 Å². The van der Waals surface area contributed by atoms with E-state index in [4.69, 9.17) is 9.47 Å². The number of aryl methyl sites for hydroxylation is 1. The molecule has 1 rings (SSSR count). The SMILES string of the molecule is CCOC(=O)c1c(C)[nH]c(C(=O)NCCCOCC(C)C)c1C. The smallest absolute Gasteiger partial charge is 0.340 e. The summed E-state index contributed by atoms with van der Waals surface area (Å²) in [6.45, 7) is 11.6. The Morgan fingerprint density at radius 3 is 2.57 bits per heavy atom. The number of aromatic nitrogens is 1. The second kappa shape index (κ2) is 9.35. The molecule has 130 valence electrons. The van der Waals surface area contributed by atoms with E-state index in [1.807, 2.05) is 0 Å². The van der Waals surface area contributed by atoms with E-state index in [1.54, 1.807) is 20.8 Å². The standard InChI is InChI=1S/C17H28N2O4/c1-6-23-17(21)14-12(4)15(19-13(14)5)16(20)18-8-7-9-22-10-11(2)3/h11,19H,6-10H2,1-5H3,(H,18,20). The first kappa shape index (κ1) is 19.2. The molecule has 2 N–H and O–H groups in total. The summed E-state index contributed by atoms with van der Waals surface area (Å²) in [7, 11) is 0. The highest BCUT2D eigenvalue weighted by Gasteiger charge is 2.22. The zero-order valence-electron chi connectivity index (χ0n) is 14.7. The van der Waals surface area contributed by atoms with Crippen LogP contribution < -0.4 is 5.32 Å². The van der Waals surface area contributed by atoms with Crippen LogP contribution in [0.15, 0.2) is 0 Å². The first-order chi connectivity index (χ1) is 10.9. The Morgan fingerprint density at radius 1 is 1.26 bits per heavy atom. The van der Waals surface area contributed by atoms with Gasteiger partial charge in [-0.15, -0.1) is 0 Å². The summed E-state index contributed by atoms with van der Waals surface area (Å²) in [5.41, 5.74) is 2.12. The number of carbonyl (C=O) groups excluding carboxylic acids is 2. The van der Waals surface area contributed by atoms with E-state index < -0.39 is 5.97 Å². The van der Waals surface area contributed by atoms with Crippen molar-refractivity contribution in [3.05, 3.63) is 22.5 Å². The van der Waals surface area contributed by atoms with Crippen LogP contribution in [0.2, 0.25) is 0 Å². The lowest BCUT2D eigenvalue weighted by atomic mass is 10.1. The van der Waals surface area contributed by atoms with Gasteiger partial charge in [0.05, 0.1) is 12.2 Å². The van der Waals surface area contributed by atoms with Gasteiger partial charge in [0.15, 0.2) is 0 Å². The third-order valence-electron chi connectivity index (χ3n) is 3.35. The Balaban J connectivity index is 2.54. The third kappa shape index (κ3) is 5.71. The molecule has 0 aliphatic rings. The largest absolute Gasteiger partial charge is 0.462 e. The van der Waals surface area contributed by atoms with Gasteiger partial charge in [-0.1, -0.05) is 13.8 Å². The summed E-state index contributed by atoms with van der Waals surface area (Å²) in [5.74, 6) is -0.111. The summed E-state index contributed by atoms with van der Waals surface area (Å²) in [4.78, 5) is 27.1. The van der Waals surface area contributed by atoms with Crippen LogP contribution in [0.3, 0.4) is 0 Å². The quantitative estimate of drug-likeness (QED) is 0.540. The van der Waals surface area contributed by atoms with Gasteiger partial charge < -0.3 is 19.8 Å². The molecular weight excluding hydrogens is 296 g/mol. The van der Waals surface area contributed by atoms with Gasteiger partial charge in [0.25, 0.3) is 5.91 Å². The lowest BCUT2D eigenvalue weighted by molar-refractivity contribution is 0.0525. The third-order valence-corrected chi connectivity index (χ3v) is 3.35. The molecule has 23 heavy (non-hydrogen) atoms. The highest BCUT2D eigenvalue weighted by molar-refractivity contribution is 6.00. The number of esters is 1. The van der Waals surface area contributed by atoms with Crippen molar-refractivity contribution in [2.75, 3.05) is 26.4 Å². The number of rotatable bonds is 9. The van der Waals surface area contributed by atoms with E-state index in [2.05, 4.69) is 24.1 Å². The molecule has 0 aromatic carbocycles. The lowest BCUT2D eigenvalue weighted by Crippen LogP contribution is -2.26. The van der Waals surface area contributed by atoms with Crippen molar-refractivity contribution in [2.45, 2.75) is 41.0 Å². The van der Waals surface area contributed by atoms with Crippen molar-refractivity contribution in [1.82, 2.24) is 10.3 Å². The number of amides is 1. The van der Waals surface area contributed by atoms with E-state index in [0.29, 0.717) is 48.2 Å². The predicted molar refractivity (Wildman–Crippen MR) is 88.8 cm³/mol. The van der Waals surface area contributed by atoms with Gasteiger partial charge in [0.2, 0.25) is 0 Å². The Labute approximate surface area is 137 Å². The van der Waals surface area contributed by atoms with Crippen LogP contribution in [0.4, 0.5) is 0 Å². The second-order valence-electron chi connectivity index (χ2n) is 5.92. The predicted octanol–water partition coefficient (Wildman–Crippen LogP) is 2.60. The molecule has 1 aromatic heterocycles. The molecule has 6 nitrogen and oxygen atoms in total. The van der Waals surface area contributed by atoms with Gasteiger partial charge in [-0.25, -0.2) is 4.79 Å². The number of carbonyl (C=O) groups is 2. The van der Waals surface area contributed by atoms with E-state index in [1.165, 1.54) is 0 Å². The number of hydrogen-bond acceptors (Lipinski definition) is 4. The normalized spacial score (nSPS) is 10.9. The summed E-state index contributed by atoms with van der Waals surface area (Å²) >= 11 is 0. The maximum atomic E-state index is 12.2. The van der Waals surface area contributed by atoms with Gasteiger partial charge >= 0.3 is 5.97 Å². The minimum absolute atomic E-state index is 0.218. The van der Waals surface area contributed by atoms with Crippen molar-refractivity contribution < 1.29 is 19.1 Å². The minimum Gasteiger partial charge on any atom is -0.462 e. The number of ether oxygens (including phenoxy) is 2. The Hall–Kier alpha value is -1.82. The monoisotopic (exact) mass is 324 g/mol. The van der Waals surface area contributed by atoms with Crippen LogP contribution in [-0.4, -0.2) is 43.2 Å². The average molecular weight is 324 g/mol. The van der Waals surface area contributed by atoms with Gasteiger partial charge in [-0.3, -0.25) is 4.79 Å². The van der Waals surface area contributed by atoms with Crippen LogP contribution in [0.1, 0.15) is 59.3 Å². The highest BCUT2D eigenvalue weighted by Crippen LogP contribution is 2.19. The average Bonchev–Trinajstić information content (AvgIpc) is 2.77. The molecule has 1 aromatic rings. The lowest BCUT2D eigenvalue weighted by Gasteiger charge is -2.08. The van der Waals surface area contributed by atoms with E-state index in [0.717, 1.165) is 13.0 Å².